The molecule has 3 aromatic rings. The van der Waals surface area contributed by atoms with E-state index in [4.69, 9.17) is 0 Å². The van der Waals surface area contributed by atoms with Crippen molar-refractivity contribution in [2.75, 3.05) is 105 Å². The van der Waals surface area contributed by atoms with Crippen molar-refractivity contribution in [3.63, 3.8) is 0 Å². The van der Waals surface area contributed by atoms with Gasteiger partial charge in [0.25, 0.3) is 17.7 Å². The van der Waals surface area contributed by atoms with E-state index in [1.807, 2.05) is 4.90 Å². The topological polar surface area (TPSA) is 269 Å². The van der Waals surface area contributed by atoms with Crippen LogP contribution in [0.4, 0.5) is 8.78 Å². The van der Waals surface area contributed by atoms with E-state index >= 15 is 0 Å². The summed E-state index contributed by atoms with van der Waals surface area (Å²) >= 11 is 0. The van der Waals surface area contributed by atoms with Gasteiger partial charge in [0, 0.05) is 89.0 Å². The molecule has 0 saturated carbocycles. The van der Waals surface area contributed by atoms with Gasteiger partial charge in [-0.1, -0.05) is 18.2 Å². The molecule has 1 atom stereocenters. The van der Waals surface area contributed by atoms with E-state index in [-0.39, 0.29) is 95.9 Å². The SMILES string of the molecule is N#C[C@@H]1CC(F)(F)CN1C(=O)CNC(=O)c1ccnc2ccc(-c3ccc(C(=O)NCCCNC(=O)CN4CCN(CC(=O)O)CCN(CC(=O)O)CCN(CC(=O)O)CC4)cc3)cc12. The lowest BCUT2D eigenvalue weighted by Gasteiger charge is -2.32. The van der Waals surface area contributed by atoms with Gasteiger partial charge in [-0.2, -0.15) is 5.26 Å². The number of rotatable bonds is 17. The molecule has 4 amide bonds. The third-order valence-electron chi connectivity index (χ3n) is 10.9. The Morgan fingerprint density at radius 2 is 1.22 bits per heavy atom. The van der Waals surface area contributed by atoms with Gasteiger partial charge >= 0.3 is 17.9 Å². The first-order valence-electron chi connectivity index (χ1n) is 20.9. The number of amides is 4. The highest BCUT2D eigenvalue weighted by molar-refractivity contribution is 6.07. The molecule has 0 aliphatic carbocycles. The van der Waals surface area contributed by atoms with E-state index in [1.54, 1.807) is 63.2 Å². The zero-order chi connectivity index (χ0) is 47.1. The smallest absolute Gasteiger partial charge is 0.317 e. The summed E-state index contributed by atoms with van der Waals surface area (Å²) in [4.78, 5) is 98.2. The summed E-state index contributed by atoms with van der Waals surface area (Å²) in [6, 6.07) is 13.9. The highest BCUT2D eigenvalue weighted by Gasteiger charge is 2.47. The van der Waals surface area contributed by atoms with Gasteiger partial charge in [0.05, 0.1) is 56.4 Å². The minimum absolute atomic E-state index is 0.0376. The van der Waals surface area contributed by atoms with Crippen LogP contribution in [-0.4, -0.2) is 203 Å². The van der Waals surface area contributed by atoms with Gasteiger partial charge < -0.3 is 36.2 Å². The summed E-state index contributed by atoms with van der Waals surface area (Å²) < 4.78 is 27.7. The number of alkyl halides is 2. The van der Waals surface area contributed by atoms with Gasteiger partial charge in [-0.05, 0) is 47.9 Å². The van der Waals surface area contributed by atoms with Gasteiger partial charge in [0.2, 0.25) is 11.8 Å². The maximum absolute atomic E-state index is 13.8. The van der Waals surface area contributed by atoms with Gasteiger partial charge in [-0.3, -0.25) is 58.1 Å². The lowest BCUT2D eigenvalue weighted by molar-refractivity contribution is -0.140. The molecule has 65 heavy (non-hydrogen) atoms. The summed E-state index contributed by atoms with van der Waals surface area (Å²) in [5.74, 6) is -8.42. The molecule has 2 aliphatic heterocycles. The van der Waals surface area contributed by atoms with Gasteiger partial charge in [-0.25, -0.2) is 8.78 Å². The van der Waals surface area contributed by atoms with Gasteiger partial charge in [0.15, 0.2) is 0 Å². The number of hydrogen-bond acceptors (Lipinski definition) is 13. The van der Waals surface area contributed by atoms with Crippen LogP contribution >= 0.6 is 0 Å². The number of carboxylic acid groups (broad SMARTS) is 3. The van der Waals surface area contributed by atoms with Crippen LogP contribution in [-0.2, 0) is 24.0 Å². The summed E-state index contributed by atoms with van der Waals surface area (Å²) in [5, 5.41) is 46.0. The van der Waals surface area contributed by atoms with E-state index in [1.165, 1.54) is 12.3 Å². The lowest BCUT2D eigenvalue weighted by Crippen LogP contribution is -2.49. The molecule has 2 fully saturated rings. The number of benzene rings is 2. The zero-order valence-corrected chi connectivity index (χ0v) is 35.6. The third-order valence-corrected chi connectivity index (χ3v) is 10.9. The van der Waals surface area contributed by atoms with Crippen molar-refractivity contribution >= 4 is 52.4 Å². The quantitative estimate of drug-likeness (QED) is 0.0982. The Morgan fingerprint density at radius 1 is 0.692 bits per heavy atom. The van der Waals surface area contributed by atoms with E-state index < -0.39 is 61.2 Å². The Labute approximate surface area is 372 Å². The number of nitrogens with zero attached hydrogens (tertiary/aromatic N) is 7. The number of carbonyl (C=O) groups excluding carboxylic acids is 4. The normalized spacial score (nSPS) is 17.9. The number of aliphatic carboxylic acids is 3. The molecule has 1 aromatic heterocycles. The number of nitriles is 1. The Kier molecular flexibility index (Phi) is 17.7. The van der Waals surface area contributed by atoms with Crippen LogP contribution < -0.4 is 16.0 Å². The number of aromatic nitrogens is 1. The van der Waals surface area contributed by atoms with Gasteiger partial charge in [0.1, 0.15) is 6.04 Å². The highest BCUT2D eigenvalue weighted by atomic mass is 19.3. The molecular weight excluding hydrogens is 855 g/mol. The molecular formula is C43H52F2N10O10. The molecule has 0 radical (unpaired) electrons. The molecule has 22 heteroatoms. The fraction of sp³-hybridized carbons (Fsp3) is 0.465. The molecule has 20 nitrogen and oxygen atoms in total. The Bertz CT molecular complexity index is 2230. The minimum atomic E-state index is -3.19. The lowest BCUT2D eigenvalue weighted by atomic mass is 9.99. The predicted molar refractivity (Wildman–Crippen MR) is 229 cm³/mol. The van der Waals surface area contributed by atoms with E-state index in [0.717, 1.165) is 10.5 Å². The van der Waals surface area contributed by atoms with Crippen molar-refractivity contribution in [2.45, 2.75) is 24.8 Å². The number of carboxylic acids is 3. The zero-order valence-electron chi connectivity index (χ0n) is 35.6. The number of pyridine rings is 1. The molecule has 2 aromatic carbocycles. The average Bonchev–Trinajstić information content (AvgIpc) is 3.59. The average molecular weight is 907 g/mol. The summed E-state index contributed by atoms with van der Waals surface area (Å²) in [5.41, 5.74) is 2.47. The van der Waals surface area contributed by atoms with Crippen LogP contribution in [0.2, 0.25) is 0 Å². The number of carbonyl (C=O) groups is 7. The number of hydrogen-bond donors (Lipinski definition) is 6. The molecule has 0 spiro atoms. The molecule has 3 heterocycles. The number of likely N-dealkylation sites (tertiary alicyclic amines) is 1. The second-order valence-corrected chi connectivity index (χ2v) is 15.8. The van der Waals surface area contributed by atoms with Crippen molar-refractivity contribution in [3.8, 4) is 17.2 Å². The Hall–Kier alpha value is -6.67. The van der Waals surface area contributed by atoms with Crippen LogP contribution in [0.1, 0.15) is 33.6 Å². The first kappa shape index (κ1) is 49.3. The van der Waals surface area contributed by atoms with Crippen molar-refractivity contribution in [1.29, 1.82) is 5.26 Å². The van der Waals surface area contributed by atoms with E-state index in [9.17, 15) is 62.9 Å². The standard InChI is InChI=1S/C43H52F2N10O10/c44-43(45)21-32(22-46)55(28-43)37(57)23-50-42(65)33-8-11-47-35-7-6-31(20-34(33)35)29-2-4-30(5-3-29)41(64)49-10-1-9-48-36(56)24-51-12-14-52(25-38(58)59)16-18-54(27-40(62)63)19-17-53(15-13-51)26-39(60)61/h2-8,11,20,32H,1,9-10,12-19,21,23-28H2,(H,48,56)(H,49,64)(H,50,65)(H,58,59)(H,60,61)(H,62,63)/t32-/m0/s1. The highest BCUT2D eigenvalue weighted by Crippen LogP contribution is 2.32. The van der Waals surface area contributed by atoms with Gasteiger partial charge in [-0.15, -0.1) is 0 Å². The summed E-state index contributed by atoms with van der Waals surface area (Å²) in [7, 11) is 0. The molecule has 2 aliphatic rings. The number of nitrogens with one attached hydrogen (secondary N) is 3. The maximum Gasteiger partial charge on any atom is 0.317 e. The van der Waals surface area contributed by atoms with Crippen LogP contribution in [0.25, 0.3) is 22.0 Å². The number of halogens is 2. The van der Waals surface area contributed by atoms with Crippen molar-refractivity contribution in [3.05, 3.63) is 65.9 Å². The monoisotopic (exact) mass is 906 g/mol. The van der Waals surface area contributed by atoms with Crippen LogP contribution in [0.5, 0.6) is 0 Å². The molecule has 348 valence electrons. The number of fused-ring (bicyclic) bond motifs is 1. The fourth-order valence-corrected chi connectivity index (χ4v) is 7.55. The molecule has 0 bridgehead atoms. The maximum atomic E-state index is 13.8. The van der Waals surface area contributed by atoms with Crippen LogP contribution in [0.15, 0.2) is 54.7 Å². The Morgan fingerprint density at radius 3 is 1.75 bits per heavy atom. The van der Waals surface area contributed by atoms with Crippen LogP contribution in [0.3, 0.4) is 0 Å². The second kappa shape index (κ2) is 23.3. The minimum Gasteiger partial charge on any atom is -0.480 e. The molecule has 5 rings (SSSR count). The summed E-state index contributed by atoms with van der Waals surface area (Å²) in [6.45, 7) is 0.341. The van der Waals surface area contributed by atoms with Crippen LogP contribution in [0, 0.1) is 11.3 Å². The molecule has 6 N–H and O–H groups in total. The van der Waals surface area contributed by atoms with Crippen molar-refractivity contribution in [2.24, 2.45) is 0 Å². The molecule has 2 saturated heterocycles. The van der Waals surface area contributed by atoms with E-state index in [0.29, 0.717) is 41.5 Å². The van der Waals surface area contributed by atoms with E-state index in [2.05, 4.69) is 20.9 Å². The van der Waals surface area contributed by atoms with Crippen molar-refractivity contribution < 1.29 is 57.7 Å². The largest absolute Gasteiger partial charge is 0.480 e. The van der Waals surface area contributed by atoms with Crippen molar-refractivity contribution in [1.82, 2.24) is 45.4 Å². The second-order valence-electron chi connectivity index (χ2n) is 15.8. The third kappa shape index (κ3) is 15.2. The Balaban J connectivity index is 1.10. The first-order valence-corrected chi connectivity index (χ1v) is 20.9. The molecule has 0 unspecified atom stereocenters. The summed E-state index contributed by atoms with van der Waals surface area (Å²) in [6.07, 6.45) is 1.07. The fourth-order valence-electron chi connectivity index (χ4n) is 7.55. The first-order chi connectivity index (χ1) is 31.0. The predicted octanol–water partition coefficient (Wildman–Crippen LogP) is 0.103.